The minimum Gasteiger partial charge on any atom is -0.444 e. The first kappa shape index (κ1) is 16.1. The second kappa shape index (κ2) is 4.85. The van der Waals surface area contributed by atoms with Gasteiger partial charge in [0.1, 0.15) is 5.60 Å². The van der Waals surface area contributed by atoms with Crippen LogP contribution in [0.1, 0.15) is 34.1 Å². The van der Waals surface area contributed by atoms with Crippen molar-refractivity contribution in [2.24, 2.45) is 0 Å². The highest BCUT2D eigenvalue weighted by Gasteiger charge is 2.64. The van der Waals surface area contributed by atoms with Crippen molar-refractivity contribution in [3.05, 3.63) is 0 Å². The van der Waals surface area contributed by atoms with Crippen molar-refractivity contribution in [1.29, 1.82) is 0 Å². The standard InChI is InChI=1S/C12H20F3NO3/c1-8-11(18-5,12(13,14)15)6-7-16(8)9(17)19-10(2,3)4/h8H,6-7H2,1-5H3/t8-,11?/m1/s1. The lowest BCUT2D eigenvalue weighted by Crippen LogP contribution is -2.55. The van der Waals surface area contributed by atoms with E-state index >= 15 is 0 Å². The Kier molecular flexibility index (Phi) is 4.10. The van der Waals surface area contributed by atoms with Gasteiger partial charge < -0.3 is 14.4 Å². The van der Waals surface area contributed by atoms with Crippen molar-refractivity contribution in [1.82, 2.24) is 4.90 Å². The number of methoxy groups -OCH3 is 1. The average molecular weight is 283 g/mol. The lowest BCUT2D eigenvalue weighted by atomic mass is 9.95. The lowest BCUT2D eigenvalue weighted by molar-refractivity contribution is -0.274. The monoisotopic (exact) mass is 283 g/mol. The summed E-state index contributed by atoms with van der Waals surface area (Å²) in [4.78, 5) is 13.0. The van der Waals surface area contributed by atoms with Crippen LogP contribution >= 0.6 is 0 Å². The van der Waals surface area contributed by atoms with Gasteiger partial charge >= 0.3 is 12.3 Å². The van der Waals surface area contributed by atoms with E-state index < -0.39 is 29.5 Å². The van der Waals surface area contributed by atoms with Crippen LogP contribution in [0.4, 0.5) is 18.0 Å². The zero-order valence-corrected chi connectivity index (χ0v) is 11.8. The second-order valence-corrected chi connectivity index (χ2v) is 5.69. The van der Waals surface area contributed by atoms with Crippen LogP contribution in [0.5, 0.6) is 0 Å². The molecule has 0 bridgehead atoms. The molecule has 1 fully saturated rings. The highest BCUT2D eigenvalue weighted by molar-refractivity contribution is 5.69. The normalized spacial score (nSPS) is 28.6. The molecule has 0 saturated carbocycles. The van der Waals surface area contributed by atoms with Crippen molar-refractivity contribution >= 4 is 6.09 Å². The third kappa shape index (κ3) is 2.96. The molecular formula is C12H20F3NO3. The average Bonchev–Trinajstić information content (AvgIpc) is 2.52. The molecule has 1 aliphatic heterocycles. The number of hydrogen-bond acceptors (Lipinski definition) is 3. The zero-order valence-electron chi connectivity index (χ0n) is 11.8. The summed E-state index contributed by atoms with van der Waals surface area (Å²) in [6, 6.07) is -1.12. The number of rotatable bonds is 1. The molecule has 0 aromatic carbocycles. The smallest absolute Gasteiger partial charge is 0.419 e. The number of carbonyl (C=O) groups excluding carboxylic acids is 1. The van der Waals surface area contributed by atoms with Crippen molar-refractivity contribution in [3.63, 3.8) is 0 Å². The van der Waals surface area contributed by atoms with Gasteiger partial charge in [0.05, 0.1) is 6.04 Å². The van der Waals surface area contributed by atoms with Crippen LogP contribution in [0.15, 0.2) is 0 Å². The first-order valence-electron chi connectivity index (χ1n) is 6.06. The van der Waals surface area contributed by atoms with Crippen LogP contribution < -0.4 is 0 Å². The number of nitrogens with zero attached hydrogens (tertiary/aromatic N) is 1. The fraction of sp³-hybridized carbons (Fsp3) is 0.917. The zero-order chi connectivity index (χ0) is 15.1. The number of carbonyl (C=O) groups is 1. The van der Waals surface area contributed by atoms with Crippen molar-refractivity contribution in [2.45, 2.75) is 57.5 Å². The molecule has 1 heterocycles. The maximum absolute atomic E-state index is 13.1. The molecule has 4 nitrogen and oxygen atoms in total. The van der Waals surface area contributed by atoms with Crippen LogP contribution in [0.2, 0.25) is 0 Å². The summed E-state index contributed by atoms with van der Waals surface area (Å²) >= 11 is 0. The van der Waals surface area contributed by atoms with Gasteiger partial charge in [0.15, 0.2) is 5.60 Å². The Morgan fingerprint density at radius 1 is 1.32 bits per heavy atom. The van der Waals surface area contributed by atoms with Crippen molar-refractivity contribution < 1.29 is 27.4 Å². The highest BCUT2D eigenvalue weighted by atomic mass is 19.4. The van der Waals surface area contributed by atoms with Crippen LogP contribution in [0.3, 0.4) is 0 Å². The van der Waals surface area contributed by atoms with E-state index in [-0.39, 0.29) is 13.0 Å². The molecular weight excluding hydrogens is 263 g/mol. The summed E-state index contributed by atoms with van der Waals surface area (Å²) in [5.74, 6) is 0. The van der Waals surface area contributed by atoms with Gasteiger partial charge in [0.2, 0.25) is 0 Å². The number of hydrogen-bond donors (Lipinski definition) is 0. The first-order chi connectivity index (χ1) is 8.44. The Hall–Kier alpha value is -0.980. The van der Waals surface area contributed by atoms with Gasteiger partial charge in [-0.15, -0.1) is 0 Å². The maximum Gasteiger partial charge on any atom is 0.419 e. The van der Waals surface area contributed by atoms with E-state index in [9.17, 15) is 18.0 Å². The van der Waals surface area contributed by atoms with Gasteiger partial charge in [0, 0.05) is 20.1 Å². The number of likely N-dealkylation sites (tertiary alicyclic amines) is 1. The molecule has 19 heavy (non-hydrogen) atoms. The molecule has 1 unspecified atom stereocenters. The molecule has 0 aromatic rings. The Balaban J connectivity index is 2.91. The molecule has 2 atom stereocenters. The first-order valence-corrected chi connectivity index (χ1v) is 6.06. The predicted octanol–water partition coefficient (Wildman–Crippen LogP) is 2.96. The SMILES string of the molecule is COC1(C(F)(F)F)CCN(C(=O)OC(C)(C)C)[C@@H]1C. The van der Waals surface area contributed by atoms with Crippen LogP contribution in [-0.4, -0.2) is 48.1 Å². The Morgan fingerprint density at radius 2 is 1.84 bits per heavy atom. The second-order valence-electron chi connectivity index (χ2n) is 5.69. The van der Waals surface area contributed by atoms with E-state index in [0.717, 1.165) is 12.0 Å². The Bertz CT molecular complexity index is 351. The Morgan fingerprint density at radius 3 is 2.16 bits per heavy atom. The van der Waals surface area contributed by atoms with Gasteiger partial charge in [-0.25, -0.2) is 4.79 Å². The van der Waals surface area contributed by atoms with E-state index in [4.69, 9.17) is 9.47 Å². The summed E-state index contributed by atoms with van der Waals surface area (Å²) in [6.07, 6.45) is -5.56. The summed E-state index contributed by atoms with van der Waals surface area (Å²) in [7, 11) is 1.02. The van der Waals surface area contributed by atoms with Crippen molar-refractivity contribution in [3.8, 4) is 0 Å². The summed E-state index contributed by atoms with van der Waals surface area (Å²) < 4.78 is 49.2. The third-order valence-corrected chi connectivity index (χ3v) is 3.34. The number of ether oxygens (including phenoxy) is 2. The largest absolute Gasteiger partial charge is 0.444 e. The van der Waals surface area contributed by atoms with Crippen LogP contribution in [0.25, 0.3) is 0 Å². The molecule has 1 rings (SSSR count). The molecule has 1 aliphatic rings. The lowest BCUT2D eigenvalue weighted by Gasteiger charge is -2.36. The minimum atomic E-state index is -4.53. The molecule has 7 heteroatoms. The van der Waals surface area contributed by atoms with E-state index in [1.54, 1.807) is 20.8 Å². The fourth-order valence-electron chi connectivity index (χ4n) is 2.28. The molecule has 1 amide bonds. The molecule has 0 N–H and O–H groups in total. The van der Waals surface area contributed by atoms with Crippen molar-refractivity contribution in [2.75, 3.05) is 13.7 Å². The molecule has 0 radical (unpaired) electrons. The third-order valence-electron chi connectivity index (χ3n) is 3.34. The molecule has 1 saturated heterocycles. The van der Waals surface area contributed by atoms with Crippen LogP contribution in [-0.2, 0) is 9.47 Å². The number of alkyl halides is 3. The van der Waals surface area contributed by atoms with Gasteiger partial charge in [-0.2, -0.15) is 13.2 Å². The highest BCUT2D eigenvalue weighted by Crippen LogP contribution is 2.44. The van der Waals surface area contributed by atoms with Gasteiger partial charge in [-0.05, 0) is 27.7 Å². The van der Waals surface area contributed by atoms with E-state index in [1.807, 2.05) is 0 Å². The Labute approximate surface area is 110 Å². The predicted molar refractivity (Wildman–Crippen MR) is 62.8 cm³/mol. The van der Waals surface area contributed by atoms with Gasteiger partial charge in [-0.3, -0.25) is 0 Å². The summed E-state index contributed by atoms with van der Waals surface area (Å²) in [5.41, 5.74) is -3.06. The molecule has 112 valence electrons. The van der Waals surface area contributed by atoms with Gasteiger partial charge in [-0.1, -0.05) is 0 Å². The maximum atomic E-state index is 13.1. The molecule has 0 aliphatic carbocycles. The summed E-state index contributed by atoms with van der Waals surface area (Å²) in [6.45, 7) is 6.29. The quantitative estimate of drug-likeness (QED) is 0.742. The van der Waals surface area contributed by atoms with E-state index in [1.165, 1.54) is 6.92 Å². The minimum absolute atomic E-state index is 0.0383. The van der Waals surface area contributed by atoms with E-state index in [0.29, 0.717) is 0 Å². The summed E-state index contributed by atoms with van der Waals surface area (Å²) in [5, 5.41) is 0. The molecule has 0 spiro atoms. The molecule has 0 aromatic heterocycles. The number of amides is 1. The fourth-order valence-corrected chi connectivity index (χ4v) is 2.28. The topological polar surface area (TPSA) is 38.8 Å². The van der Waals surface area contributed by atoms with Gasteiger partial charge in [0.25, 0.3) is 0 Å². The number of halogens is 3. The van der Waals surface area contributed by atoms with E-state index in [2.05, 4.69) is 0 Å². The van der Waals surface area contributed by atoms with Crippen LogP contribution in [0, 0.1) is 0 Å².